The lowest BCUT2D eigenvalue weighted by Gasteiger charge is -2.10. The van der Waals surface area contributed by atoms with Gasteiger partial charge in [0.05, 0.1) is 31.0 Å². The number of carbonyl (C=O) groups is 1. The van der Waals surface area contributed by atoms with E-state index in [1.54, 1.807) is 12.3 Å². The van der Waals surface area contributed by atoms with Crippen molar-refractivity contribution in [3.8, 4) is 22.2 Å². The van der Waals surface area contributed by atoms with Crippen molar-refractivity contribution in [1.29, 1.82) is 0 Å². The molecule has 0 radical (unpaired) electrons. The van der Waals surface area contributed by atoms with Crippen molar-refractivity contribution in [2.75, 3.05) is 18.5 Å². The highest BCUT2D eigenvalue weighted by atomic mass is 32.1. The topological polar surface area (TPSA) is 73.3 Å². The predicted molar refractivity (Wildman–Crippen MR) is 99.7 cm³/mol. The van der Waals surface area contributed by atoms with E-state index in [-0.39, 0.29) is 12.3 Å². The third kappa shape index (κ3) is 3.83. The lowest BCUT2D eigenvalue weighted by atomic mass is 10.2. The molecule has 1 amide bonds. The highest BCUT2D eigenvalue weighted by Crippen LogP contribution is 2.32. The molecule has 0 unspecified atom stereocenters. The number of thiazole rings is 1. The molecule has 0 spiro atoms. The summed E-state index contributed by atoms with van der Waals surface area (Å²) in [6, 6.07) is 11.1. The number of pyridine rings is 1. The summed E-state index contributed by atoms with van der Waals surface area (Å²) < 4.78 is 11.2. The fraction of sp³-hybridized carbons (Fsp3) is 0.211. The number of carbonyl (C=O) groups excluding carboxylic acids is 1. The number of amides is 1. The first-order chi connectivity index (χ1) is 12.8. The molecule has 3 heterocycles. The van der Waals surface area contributed by atoms with Crippen LogP contribution in [-0.4, -0.2) is 29.1 Å². The smallest absolute Gasteiger partial charge is 0.230 e. The molecule has 0 atom stereocenters. The van der Waals surface area contributed by atoms with E-state index in [9.17, 15) is 4.79 Å². The largest absolute Gasteiger partial charge is 0.490 e. The van der Waals surface area contributed by atoms with Crippen LogP contribution < -0.4 is 14.8 Å². The summed E-state index contributed by atoms with van der Waals surface area (Å²) in [4.78, 5) is 21.1. The number of hydrogen-bond acceptors (Lipinski definition) is 6. The maximum Gasteiger partial charge on any atom is 0.230 e. The number of benzene rings is 1. The number of ether oxygens (including phenoxy) is 2. The first kappa shape index (κ1) is 16.5. The standard InChI is InChI=1S/C19H17N3O3S/c23-18(11-14-12-26-19(22-14)15-4-1-2-7-20-15)21-13-5-6-16-17(10-13)25-9-3-8-24-16/h1-2,4-7,10,12H,3,8-9,11H2,(H,21,23). The van der Waals surface area contributed by atoms with Crippen LogP contribution in [0.1, 0.15) is 12.1 Å². The number of nitrogens with one attached hydrogen (secondary N) is 1. The summed E-state index contributed by atoms with van der Waals surface area (Å²) in [5, 5.41) is 5.58. The molecule has 0 aliphatic carbocycles. The van der Waals surface area contributed by atoms with Crippen LogP contribution in [0.2, 0.25) is 0 Å². The Morgan fingerprint density at radius 2 is 2.04 bits per heavy atom. The van der Waals surface area contributed by atoms with E-state index >= 15 is 0 Å². The Morgan fingerprint density at radius 1 is 1.15 bits per heavy atom. The molecule has 1 aliphatic heterocycles. The SMILES string of the molecule is O=C(Cc1csc(-c2ccccn2)n1)Nc1ccc2c(c1)OCCCO2. The Hall–Kier alpha value is -2.93. The lowest BCUT2D eigenvalue weighted by molar-refractivity contribution is -0.115. The van der Waals surface area contributed by atoms with Gasteiger partial charge in [-0.25, -0.2) is 4.98 Å². The minimum absolute atomic E-state index is 0.127. The maximum atomic E-state index is 12.3. The Labute approximate surface area is 154 Å². The van der Waals surface area contributed by atoms with E-state index in [1.165, 1.54) is 11.3 Å². The number of rotatable bonds is 4. The Kier molecular flexibility index (Phi) is 4.79. The molecule has 1 N–H and O–H groups in total. The van der Waals surface area contributed by atoms with Crippen LogP contribution in [0.15, 0.2) is 48.0 Å². The molecule has 0 bridgehead atoms. The second kappa shape index (κ2) is 7.53. The summed E-state index contributed by atoms with van der Waals surface area (Å²) in [5.41, 5.74) is 2.22. The first-order valence-electron chi connectivity index (χ1n) is 8.33. The van der Waals surface area contributed by atoms with Crippen LogP contribution in [0.25, 0.3) is 10.7 Å². The van der Waals surface area contributed by atoms with Gasteiger partial charge in [-0.05, 0) is 24.3 Å². The number of anilines is 1. The molecule has 0 saturated heterocycles. The molecule has 0 saturated carbocycles. The highest BCUT2D eigenvalue weighted by Gasteiger charge is 2.13. The van der Waals surface area contributed by atoms with E-state index in [0.717, 1.165) is 22.8 Å². The zero-order chi connectivity index (χ0) is 17.8. The molecule has 7 heteroatoms. The van der Waals surface area contributed by atoms with Crippen LogP contribution >= 0.6 is 11.3 Å². The van der Waals surface area contributed by atoms with Gasteiger partial charge in [0.25, 0.3) is 0 Å². The van der Waals surface area contributed by atoms with Crippen molar-refractivity contribution < 1.29 is 14.3 Å². The number of fused-ring (bicyclic) bond motifs is 1. The van der Waals surface area contributed by atoms with E-state index in [4.69, 9.17) is 9.47 Å². The van der Waals surface area contributed by atoms with Gasteiger partial charge < -0.3 is 14.8 Å². The van der Waals surface area contributed by atoms with Crippen LogP contribution in [0.5, 0.6) is 11.5 Å². The van der Waals surface area contributed by atoms with Gasteiger partial charge in [-0.15, -0.1) is 11.3 Å². The number of nitrogens with zero attached hydrogens (tertiary/aromatic N) is 2. The third-order valence-corrected chi connectivity index (χ3v) is 4.72. The minimum Gasteiger partial charge on any atom is -0.490 e. The van der Waals surface area contributed by atoms with Gasteiger partial charge in [0.15, 0.2) is 11.5 Å². The van der Waals surface area contributed by atoms with Gasteiger partial charge >= 0.3 is 0 Å². The van der Waals surface area contributed by atoms with Crippen LogP contribution in [-0.2, 0) is 11.2 Å². The predicted octanol–water partition coefficient (Wildman–Crippen LogP) is 3.55. The molecule has 4 rings (SSSR count). The van der Waals surface area contributed by atoms with Crippen LogP contribution in [0.3, 0.4) is 0 Å². The molecular formula is C19H17N3O3S. The Bertz CT molecular complexity index is 911. The van der Waals surface area contributed by atoms with Crippen molar-refractivity contribution in [2.24, 2.45) is 0 Å². The molecular weight excluding hydrogens is 350 g/mol. The van der Waals surface area contributed by atoms with Gasteiger partial charge in [0.1, 0.15) is 5.01 Å². The summed E-state index contributed by atoms with van der Waals surface area (Å²) in [5.74, 6) is 1.24. The number of aromatic nitrogens is 2. The normalized spacial score (nSPS) is 13.1. The van der Waals surface area contributed by atoms with Crippen molar-refractivity contribution in [1.82, 2.24) is 9.97 Å². The second-order valence-corrected chi connectivity index (χ2v) is 6.65. The monoisotopic (exact) mass is 367 g/mol. The van der Waals surface area contributed by atoms with E-state index in [2.05, 4.69) is 15.3 Å². The quantitative estimate of drug-likeness (QED) is 0.763. The third-order valence-electron chi connectivity index (χ3n) is 3.81. The fourth-order valence-electron chi connectivity index (χ4n) is 2.61. The summed E-state index contributed by atoms with van der Waals surface area (Å²) >= 11 is 1.48. The zero-order valence-electron chi connectivity index (χ0n) is 14.0. The van der Waals surface area contributed by atoms with Gasteiger partial charge in [-0.3, -0.25) is 9.78 Å². The molecule has 1 aromatic carbocycles. The lowest BCUT2D eigenvalue weighted by Crippen LogP contribution is -2.14. The van der Waals surface area contributed by atoms with Gasteiger partial charge in [0.2, 0.25) is 5.91 Å². The maximum absolute atomic E-state index is 12.3. The average molecular weight is 367 g/mol. The zero-order valence-corrected chi connectivity index (χ0v) is 14.8. The Balaban J connectivity index is 1.41. The number of hydrogen-bond donors (Lipinski definition) is 1. The van der Waals surface area contributed by atoms with Crippen LogP contribution in [0.4, 0.5) is 5.69 Å². The molecule has 6 nitrogen and oxygen atoms in total. The van der Waals surface area contributed by atoms with Crippen molar-refractivity contribution >= 4 is 22.9 Å². The average Bonchev–Trinajstić information content (AvgIpc) is 2.99. The van der Waals surface area contributed by atoms with Crippen LogP contribution in [0, 0.1) is 0 Å². The van der Waals surface area contributed by atoms with Crippen molar-refractivity contribution in [2.45, 2.75) is 12.8 Å². The molecule has 132 valence electrons. The van der Waals surface area contributed by atoms with E-state index < -0.39 is 0 Å². The second-order valence-electron chi connectivity index (χ2n) is 5.80. The van der Waals surface area contributed by atoms with E-state index in [0.29, 0.717) is 30.4 Å². The fourth-order valence-corrected chi connectivity index (χ4v) is 3.40. The van der Waals surface area contributed by atoms with Gasteiger partial charge in [0, 0.05) is 29.8 Å². The summed E-state index contributed by atoms with van der Waals surface area (Å²) in [7, 11) is 0. The minimum atomic E-state index is -0.127. The molecule has 26 heavy (non-hydrogen) atoms. The first-order valence-corrected chi connectivity index (χ1v) is 9.21. The van der Waals surface area contributed by atoms with Crippen molar-refractivity contribution in [3.63, 3.8) is 0 Å². The van der Waals surface area contributed by atoms with E-state index in [1.807, 2.05) is 35.7 Å². The highest BCUT2D eigenvalue weighted by molar-refractivity contribution is 7.13. The molecule has 1 aliphatic rings. The summed E-state index contributed by atoms with van der Waals surface area (Å²) in [6.07, 6.45) is 2.78. The summed E-state index contributed by atoms with van der Waals surface area (Å²) in [6.45, 7) is 1.25. The van der Waals surface area contributed by atoms with Gasteiger partial charge in [-0.1, -0.05) is 6.07 Å². The van der Waals surface area contributed by atoms with Gasteiger partial charge in [-0.2, -0.15) is 0 Å². The molecule has 2 aromatic heterocycles. The molecule has 3 aromatic rings. The van der Waals surface area contributed by atoms with Crippen molar-refractivity contribution in [3.05, 3.63) is 53.7 Å². The molecule has 0 fully saturated rings. The Morgan fingerprint density at radius 3 is 2.88 bits per heavy atom.